The van der Waals surface area contributed by atoms with Crippen molar-refractivity contribution >= 4 is 65.1 Å². The molecule has 5 heterocycles. The number of hydrogen-bond donors (Lipinski definition) is 3. The molecule has 2 fully saturated rings. The van der Waals surface area contributed by atoms with Gasteiger partial charge in [-0.1, -0.05) is 0 Å². The highest BCUT2D eigenvalue weighted by molar-refractivity contribution is 7.26. The van der Waals surface area contributed by atoms with Crippen LogP contribution in [0.3, 0.4) is 0 Å². The number of amides is 2. The molecule has 5 atom stereocenters. The van der Waals surface area contributed by atoms with Gasteiger partial charge in [0.05, 0.1) is 33.5 Å². The average molecular weight is 522 g/mol. The Labute approximate surface area is 209 Å². The summed E-state index contributed by atoms with van der Waals surface area (Å²) in [5, 5.41) is 25.6. The number of aliphatic hydroxyl groups excluding tert-OH is 2. The molecule has 2 amide bonds. The highest BCUT2D eigenvalue weighted by Gasteiger charge is 2.51. The third-order valence-electron chi connectivity index (χ3n) is 7.63. The molecule has 37 heavy (non-hydrogen) atoms. The molecule has 11 heteroatoms. The predicted molar refractivity (Wildman–Crippen MR) is 130 cm³/mol. The van der Waals surface area contributed by atoms with Crippen LogP contribution in [0, 0.1) is 11.6 Å². The molecule has 0 spiro atoms. The van der Waals surface area contributed by atoms with Crippen LogP contribution >= 0.6 is 11.3 Å². The largest absolute Gasteiger partial charge is 0.387 e. The summed E-state index contributed by atoms with van der Waals surface area (Å²) in [6.07, 6.45) is -4.95. The van der Waals surface area contributed by atoms with Gasteiger partial charge in [0, 0.05) is 26.2 Å². The van der Waals surface area contributed by atoms with Gasteiger partial charge in [-0.2, -0.15) is 0 Å². The van der Waals surface area contributed by atoms with E-state index >= 15 is 0 Å². The zero-order valence-corrected chi connectivity index (χ0v) is 19.5. The number of imide groups is 1. The van der Waals surface area contributed by atoms with Crippen molar-refractivity contribution in [2.24, 2.45) is 0 Å². The molecular weight excluding hydrogens is 506 g/mol. The van der Waals surface area contributed by atoms with Gasteiger partial charge in [0.15, 0.2) is 6.23 Å². The molecule has 3 aliphatic rings. The summed E-state index contributed by atoms with van der Waals surface area (Å²) in [5.74, 6) is -2.30. The van der Waals surface area contributed by atoms with Crippen molar-refractivity contribution in [2.45, 2.75) is 30.6 Å². The van der Waals surface area contributed by atoms with Crippen LogP contribution in [0.4, 0.5) is 8.78 Å². The van der Waals surface area contributed by atoms with Crippen molar-refractivity contribution in [2.75, 3.05) is 6.61 Å². The van der Waals surface area contributed by atoms with E-state index in [4.69, 9.17) is 9.47 Å². The van der Waals surface area contributed by atoms with E-state index in [0.717, 1.165) is 0 Å². The predicted octanol–water partition coefficient (Wildman–Crippen LogP) is 3.34. The van der Waals surface area contributed by atoms with Gasteiger partial charge < -0.3 is 24.3 Å². The zero-order chi connectivity index (χ0) is 25.3. The number of carbonyl (C=O) groups excluding carboxylic acids is 2. The third-order valence-corrected chi connectivity index (χ3v) is 8.81. The molecule has 2 bridgehead atoms. The fourth-order valence-corrected chi connectivity index (χ4v) is 7.35. The maximum atomic E-state index is 14.6. The van der Waals surface area contributed by atoms with Crippen molar-refractivity contribution in [1.82, 2.24) is 9.88 Å². The smallest absolute Gasteiger partial charge is 0.259 e. The van der Waals surface area contributed by atoms with Gasteiger partial charge in [0.1, 0.15) is 36.1 Å². The molecule has 2 saturated heterocycles. The number of hydrogen-bond acceptors (Lipinski definition) is 7. The van der Waals surface area contributed by atoms with E-state index in [9.17, 15) is 28.6 Å². The van der Waals surface area contributed by atoms with Crippen molar-refractivity contribution in [1.29, 1.82) is 0 Å². The lowest BCUT2D eigenvalue weighted by Gasteiger charge is -2.36. The van der Waals surface area contributed by atoms with E-state index in [1.54, 1.807) is 10.6 Å². The first-order valence-electron chi connectivity index (χ1n) is 11.6. The molecule has 8 nitrogen and oxygen atoms in total. The Kier molecular flexibility index (Phi) is 4.14. The maximum Gasteiger partial charge on any atom is 0.259 e. The van der Waals surface area contributed by atoms with E-state index in [1.807, 2.05) is 0 Å². The van der Waals surface area contributed by atoms with Crippen molar-refractivity contribution in [3.8, 4) is 0 Å². The average Bonchev–Trinajstić information content (AvgIpc) is 3.55. The fourth-order valence-electron chi connectivity index (χ4n) is 6.11. The Hall–Kier alpha value is -3.48. The summed E-state index contributed by atoms with van der Waals surface area (Å²) in [6.45, 7) is 0.0923. The molecule has 0 radical (unpaired) electrons. The topological polar surface area (TPSA) is 110 Å². The van der Waals surface area contributed by atoms with Gasteiger partial charge in [-0.25, -0.2) is 8.78 Å². The van der Waals surface area contributed by atoms with Crippen molar-refractivity contribution < 1.29 is 38.1 Å². The van der Waals surface area contributed by atoms with Gasteiger partial charge in [-0.3, -0.25) is 14.9 Å². The van der Waals surface area contributed by atoms with E-state index < -0.39 is 54.1 Å². The second-order valence-corrected chi connectivity index (χ2v) is 10.6. The number of nitrogens with one attached hydrogen (secondary N) is 1. The molecule has 0 aliphatic carbocycles. The van der Waals surface area contributed by atoms with Crippen LogP contribution in [-0.2, 0) is 9.47 Å². The molecule has 186 valence electrons. The number of benzene rings is 3. The molecule has 3 aromatic carbocycles. The highest BCUT2D eigenvalue weighted by Crippen LogP contribution is 2.49. The van der Waals surface area contributed by atoms with Crippen molar-refractivity contribution in [3.63, 3.8) is 0 Å². The second kappa shape index (κ2) is 7.09. The number of rotatable bonds is 1. The second-order valence-electron chi connectivity index (χ2n) is 9.58. The quantitative estimate of drug-likeness (QED) is 0.292. The summed E-state index contributed by atoms with van der Waals surface area (Å²) < 4.78 is 43.6. The van der Waals surface area contributed by atoms with E-state index in [2.05, 4.69) is 5.32 Å². The molecule has 3 aliphatic heterocycles. The molecular formula is C26H16F2N2O6S. The minimum atomic E-state index is -1.29. The summed E-state index contributed by atoms with van der Waals surface area (Å²) in [5.41, 5.74) is 1.08. The maximum absolute atomic E-state index is 14.6. The van der Waals surface area contributed by atoms with Crippen LogP contribution in [-0.4, -0.2) is 57.6 Å². The number of aromatic nitrogens is 1. The molecule has 0 unspecified atom stereocenters. The SMILES string of the molecule is O=C1NC(=O)c2c1c1c3cc(F)ccc3sc1c1c2c2cc(F)ccc2n1[C@H]1O[C@H]2CO[C@H]([C@H]1O)[C@@H]2O. The van der Waals surface area contributed by atoms with Gasteiger partial charge >= 0.3 is 0 Å². The first-order chi connectivity index (χ1) is 17.8. The van der Waals surface area contributed by atoms with Crippen molar-refractivity contribution in [3.05, 3.63) is 59.2 Å². The number of fused-ring (bicyclic) bond motifs is 12. The fraction of sp³-hybridized carbons (Fsp3) is 0.231. The lowest BCUT2D eigenvalue weighted by molar-refractivity contribution is -0.192. The van der Waals surface area contributed by atoms with Gasteiger partial charge in [-0.05, 0) is 36.4 Å². The van der Waals surface area contributed by atoms with Crippen LogP contribution in [0.2, 0.25) is 0 Å². The number of halogens is 2. The van der Waals surface area contributed by atoms with E-state index in [-0.39, 0.29) is 17.7 Å². The van der Waals surface area contributed by atoms with Crippen LogP contribution in [0.25, 0.3) is 42.0 Å². The Bertz CT molecular complexity index is 1880. The van der Waals surface area contributed by atoms with E-state index in [0.29, 0.717) is 42.0 Å². The minimum absolute atomic E-state index is 0.0652. The molecule has 8 rings (SSSR count). The summed E-state index contributed by atoms with van der Waals surface area (Å²) in [7, 11) is 0. The standard InChI is InChI=1S/C26H16F2N2O6S/c27-8-1-3-12-10(5-8)15-17-18(25(34)29-24(17)33)16-11-6-9(28)2-4-14(11)37-23(16)19(15)30(12)26-21(32)22-20(31)13(36-26)7-35-22/h1-6,13,20-22,26,31-32H,7H2,(H,29,33,34)/t13-,20+,21+,22-,26-/m0/s1. The summed E-state index contributed by atoms with van der Waals surface area (Å²) >= 11 is 1.30. The van der Waals surface area contributed by atoms with Crippen LogP contribution in [0.15, 0.2) is 36.4 Å². The number of nitrogens with zero attached hydrogens (tertiary/aromatic N) is 1. The number of carbonyl (C=O) groups is 2. The number of aliphatic hydroxyl groups is 2. The van der Waals surface area contributed by atoms with Crippen LogP contribution in [0.5, 0.6) is 0 Å². The minimum Gasteiger partial charge on any atom is -0.387 e. The monoisotopic (exact) mass is 522 g/mol. The Morgan fingerprint density at radius 1 is 0.946 bits per heavy atom. The van der Waals surface area contributed by atoms with Gasteiger partial charge in [0.25, 0.3) is 11.8 Å². The highest BCUT2D eigenvalue weighted by atomic mass is 32.1. The summed E-state index contributed by atoms with van der Waals surface area (Å²) in [4.78, 5) is 26.2. The number of ether oxygens (including phenoxy) is 2. The van der Waals surface area contributed by atoms with Gasteiger partial charge in [0.2, 0.25) is 0 Å². The third kappa shape index (κ3) is 2.62. The molecule has 5 aromatic rings. The first-order valence-corrected chi connectivity index (χ1v) is 12.4. The Balaban J connectivity index is 1.61. The van der Waals surface area contributed by atoms with E-state index in [1.165, 1.54) is 41.7 Å². The van der Waals surface area contributed by atoms with Crippen LogP contribution < -0.4 is 5.32 Å². The van der Waals surface area contributed by atoms with Crippen LogP contribution in [0.1, 0.15) is 26.9 Å². The lowest BCUT2D eigenvalue weighted by atomic mass is 9.96. The van der Waals surface area contributed by atoms with Gasteiger partial charge in [-0.15, -0.1) is 11.3 Å². The Morgan fingerprint density at radius 2 is 1.65 bits per heavy atom. The number of thiophene rings is 1. The molecule has 2 aromatic heterocycles. The summed E-state index contributed by atoms with van der Waals surface area (Å²) in [6, 6.07) is 8.29. The molecule has 3 N–H and O–H groups in total. The first kappa shape index (κ1) is 21.6. The zero-order valence-electron chi connectivity index (χ0n) is 18.7. The normalized spacial score (nSPS) is 27.2. The lowest BCUT2D eigenvalue weighted by Crippen LogP contribution is -2.50. The Morgan fingerprint density at radius 3 is 2.43 bits per heavy atom. The molecule has 0 saturated carbocycles.